The maximum absolute atomic E-state index is 12.2. The molecule has 0 aliphatic heterocycles. The van der Waals surface area contributed by atoms with Crippen LogP contribution in [0.2, 0.25) is 0 Å². The van der Waals surface area contributed by atoms with Crippen LogP contribution < -0.4 is 15.8 Å². The lowest BCUT2D eigenvalue weighted by atomic mass is 9.90. The lowest BCUT2D eigenvalue weighted by Gasteiger charge is -2.27. The number of hydrogen-bond donors (Lipinski definition) is 2. The Hall–Kier alpha value is -1.69. The monoisotopic (exact) mass is 244 g/mol. The Labute approximate surface area is 97.8 Å². The first-order valence-electron chi connectivity index (χ1n) is 4.95. The van der Waals surface area contributed by atoms with Crippen molar-refractivity contribution >= 4 is 5.91 Å². The van der Waals surface area contributed by atoms with Crippen LogP contribution in [0.5, 0.6) is 5.75 Å². The van der Waals surface area contributed by atoms with Gasteiger partial charge in [0.25, 0.3) is 0 Å². The minimum Gasteiger partial charge on any atom is -0.434 e. The van der Waals surface area contributed by atoms with Crippen LogP contribution in [0.25, 0.3) is 0 Å². The van der Waals surface area contributed by atoms with Crippen molar-refractivity contribution in [2.75, 3.05) is 7.05 Å². The van der Waals surface area contributed by atoms with Crippen LogP contribution in [0.4, 0.5) is 8.78 Å². The zero-order valence-corrected chi connectivity index (χ0v) is 9.54. The molecule has 0 heterocycles. The minimum atomic E-state index is -2.95. The van der Waals surface area contributed by atoms with Gasteiger partial charge in [-0.3, -0.25) is 4.79 Å². The lowest BCUT2D eigenvalue weighted by molar-refractivity contribution is -0.124. The summed E-state index contributed by atoms with van der Waals surface area (Å²) >= 11 is 0. The molecule has 1 amide bonds. The zero-order chi connectivity index (χ0) is 13.1. The Bertz CT molecular complexity index is 412. The smallest absolute Gasteiger partial charge is 0.387 e. The van der Waals surface area contributed by atoms with Crippen LogP contribution >= 0.6 is 0 Å². The highest BCUT2D eigenvalue weighted by Gasteiger charge is 2.34. The number of nitrogens with one attached hydrogen (secondary N) is 1. The molecule has 0 aliphatic rings. The number of carbonyl (C=O) groups is 1. The molecule has 0 saturated carbocycles. The molecule has 1 rings (SSSR count). The van der Waals surface area contributed by atoms with E-state index in [4.69, 9.17) is 5.73 Å². The number of likely N-dealkylation sites (N-methyl/N-ethyl adjacent to an activating group) is 1. The number of benzene rings is 1. The van der Waals surface area contributed by atoms with E-state index in [1.54, 1.807) is 6.07 Å². The average molecular weight is 244 g/mol. The van der Waals surface area contributed by atoms with Gasteiger partial charge in [-0.2, -0.15) is 8.78 Å². The second-order valence-electron chi connectivity index (χ2n) is 3.61. The van der Waals surface area contributed by atoms with Gasteiger partial charge in [-0.05, 0) is 20.0 Å². The van der Waals surface area contributed by atoms with Crippen molar-refractivity contribution in [2.45, 2.75) is 19.1 Å². The largest absolute Gasteiger partial charge is 0.434 e. The lowest BCUT2D eigenvalue weighted by Crippen LogP contribution is -2.48. The molecule has 0 fully saturated rings. The van der Waals surface area contributed by atoms with Gasteiger partial charge in [0.15, 0.2) is 0 Å². The first-order chi connectivity index (χ1) is 7.91. The molecule has 17 heavy (non-hydrogen) atoms. The number of nitrogens with two attached hydrogens (primary N) is 1. The van der Waals surface area contributed by atoms with Crippen molar-refractivity contribution in [3.63, 3.8) is 0 Å². The third-order valence-electron chi connectivity index (χ3n) is 2.63. The van der Waals surface area contributed by atoms with Crippen LogP contribution in [0.3, 0.4) is 0 Å². The van der Waals surface area contributed by atoms with Crippen molar-refractivity contribution in [1.29, 1.82) is 0 Å². The maximum Gasteiger partial charge on any atom is 0.387 e. The molecule has 0 radical (unpaired) electrons. The van der Waals surface area contributed by atoms with Crippen molar-refractivity contribution < 1.29 is 18.3 Å². The van der Waals surface area contributed by atoms with E-state index in [1.165, 1.54) is 32.2 Å². The maximum atomic E-state index is 12.2. The molecule has 1 aromatic carbocycles. The standard InChI is InChI=1S/C11H14F2N2O2/c1-11(15-2,9(14)16)7-5-3-4-6-8(7)17-10(12)13/h3-6,10,15H,1-2H3,(H2,14,16). The highest BCUT2D eigenvalue weighted by atomic mass is 19.3. The zero-order valence-electron chi connectivity index (χ0n) is 9.54. The molecule has 0 aliphatic carbocycles. The van der Waals surface area contributed by atoms with Crippen molar-refractivity contribution in [3.05, 3.63) is 29.8 Å². The average Bonchev–Trinajstić information content (AvgIpc) is 2.27. The summed E-state index contributed by atoms with van der Waals surface area (Å²) in [4.78, 5) is 11.4. The predicted molar refractivity (Wildman–Crippen MR) is 58.7 cm³/mol. The van der Waals surface area contributed by atoms with Crippen molar-refractivity contribution in [3.8, 4) is 5.75 Å². The summed E-state index contributed by atoms with van der Waals surface area (Å²) < 4.78 is 28.8. The molecule has 1 atom stereocenters. The van der Waals surface area contributed by atoms with Gasteiger partial charge in [0.1, 0.15) is 11.3 Å². The second-order valence-corrected chi connectivity index (χ2v) is 3.61. The third-order valence-corrected chi connectivity index (χ3v) is 2.63. The molecule has 1 aromatic rings. The second kappa shape index (κ2) is 5.09. The van der Waals surface area contributed by atoms with E-state index in [9.17, 15) is 13.6 Å². The number of hydrogen-bond acceptors (Lipinski definition) is 3. The molecule has 3 N–H and O–H groups in total. The van der Waals surface area contributed by atoms with E-state index in [0.717, 1.165) is 0 Å². The Balaban J connectivity index is 3.24. The molecule has 4 nitrogen and oxygen atoms in total. The number of carbonyl (C=O) groups excluding carboxylic acids is 1. The Kier molecular flexibility index (Phi) is 4.01. The number of primary amides is 1. The summed E-state index contributed by atoms with van der Waals surface area (Å²) in [6.45, 7) is -1.45. The van der Waals surface area contributed by atoms with Crippen LogP contribution in [0.1, 0.15) is 12.5 Å². The van der Waals surface area contributed by atoms with E-state index < -0.39 is 18.1 Å². The van der Waals surface area contributed by atoms with E-state index in [1.807, 2.05) is 0 Å². The fourth-order valence-corrected chi connectivity index (χ4v) is 1.47. The van der Waals surface area contributed by atoms with Gasteiger partial charge in [-0.25, -0.2) is 0 Å². The molecular formula is C11H14F2N2O2. The van der Waals surface area contributed by atoms with Gasteiger partial charge in [0.2, 0.25) is 5.91 Å². The minimum absolute atomic E-state index is 0.0712. The Morgan fingerprint density at radius 1 is 1.47 bits per heavy atom. The number of alkyl halides is 2. The van der Waals surface area contributed by atoms with E-state index in [2.05, 4.69) is 10.1 Å². The van der Waals surface area contributed by atoms with Gasteiger partial charge < -0.3 is 15.8 Å². The van der Waals surface area contributed by atoms with Gasteiger partial charge in [0, 0.05) is 5.56 Å². The summed E-state index contributed by atoms with van der Waals surface area (Å²) in [5.74, 6) is -0.747. The van der Waals surface area contributed by atoms with E-state index >= 15 is 0 Å². The fraction of sp³-hybridized carbons (Fsp3) is 0.364. The first-order valence-corrected chi connectivity index (χ1v) is 4.95. The summed E-state index contributed by atoms with van der Waals surface area (Å²) in [7, 11) is 1.52. The molecule has 0 bridgehead atoms. The molecule has 6 heteroatoms. The topological polar surface area (TPSA) is 64.3 Å². The van der Waals surface area contributed by atoms with Crippen LogP contribution in [0, 0.1) is 0 Å². The van der Waals surface area contributed by atoms with Crippen LogP contribution in [-0.2, 0) is 10.3 Å². The van der Waals surface area contributed by atoms with E-state index in [0.29, 0.717) is 0 Å². The summed E-state index contributed by atoms with van der Waals surface area (Å²) in [5, 5.41) is 2.71. The van der Waals surface area contributed by atoms with Crippen LogP contribution in [-0.4, -0.2) is 19.6 Å². The number of para-hydroxylation sites is 1. The fourth-order valence-electron chi connectivity index (χ4n) is 1.47. The number of ether oxygens (including phenoxy) is 1. The number of halogens is 2. The summed E-state index contributed by atoms with van der Waals surface area (Å²) in [6.07, 6.45) is 0. The highest BCUT2D eigenvalue weighted by molar-refractivity contribution is 5.86. The SMILES string of the molecule is CNC(C)(C(N)=O)c1ccccc1OC(F)F. The van der Waals surface area contributed by atoms with Gasteiger partial charge in [0.05, 0.1) is 0 Å². The molecule has 0 spiro atoms. The molecule has 94 valence electrons. The normalized spacial score (nSPS) is 14.4. The van der Waals surface area contributed by atoms with Crippen LogP contribution in [0.15, 0.2) is 24.3 Å². The summed E-state index contributed by atoms with van der Waals surface area (Å²) in [5.41, 5.74) is 4.28. The molecule has 0 aromatic heterocycles. The van der Waals surface area contributed by atoms with Gasteiger partial charge in [-0.15, -0.1) is 0 Å². The van der Waals surface area contributed by atoms with Gasteiger partial charge >= 0.3 is 6.61 Å². The number of amides is 1. The predicted octanol–water partition coefficient (Wildman–Crippen LogP) is 1.21. The van der Waals surface area contributed by atoms with E-state index in [-0.39, 0.29) is 11.3 Å². The highest BCUT2D eigenvalue weighted by Crippen LogP contribution is 2.30. The quantitative estimate of drug-likeness (QED) is 0.818. The van der Waals surface area contributed by atoms with Crippen molar-refractivity contribution in [2.24, 2.45) is 5.73 Å². The molecule has 1 unspecified atom stereocenters. The van der Waals surface area contributed by atoms with Gasteiger partial charge in [-0.1, -0.05) is 18.2 Å². The summed E-state index contributed by atoms with van der Waals surface area (Å²) in [6, 6.07) is 6.03. The Morgan fingerprint density at radius 2 is 2.06 bits per heavy atom. The first kappa shape index (κ1) is 13.4. The van der Waals surface area contributed by atoms with Crippen molar-refractivity contribution in [1.82, 2.24) is 5.32 Å². The molecule has 0 saturated heterocycles. The Morgan fingerprint density at radius 3 is 2.53 bits per heavy atom. The third kappa shape index (κ3) is 2.71. The number of rotatable bonds is 5. The molecular weight excluding hydrogens is 230 g/mol.